The largest absolute Gasteiger partial charge is 0.527 e. The van der Waals surface area contributed by atoms with E-state index >= 15 is 0 Å². The van der Waals surface area contributed by atoms with Gasteiger partial charge < -0.3 is 19.8 Å². The number of carbonyl (C=O) groups excluding carboxylic acids is 3. The number of hydrogen-bond donors (Lipinski definition) is 1. The maximum atomic E-state index is 12.8. The van der Waals surface area contributed by atoms with Gasteiger partial charge in [0.25, 0.3) is 5.91 Å². The maximum Gasteiger partial charge on any atom is 0.527 e. The first-order valence-corrected chi connectivity index (χ1v) is 11.1. The van der Waals surface area contributed by atoms with E-state index < -0.39 is 12.1 Å². The average molecular weight is 453 g/mol. The van der Waals surface area contributed by atoms with Crippen LogP contribution < -0.4 is 5.32 Å². The number of ether oxygens (including phenoxy) is 1. The fourth-order valence-corrected chi connectivity index (χ4v) is 3.52. The van der Waals surface area contributed by atoms with E-state index in [0.29, 0.717) is 37.9 Å². The normalized spacial score (nSPS) is 16.2. The predicted molar refractivity (Wildman–Crippen MR) is 118 cm³/mol. The van der Waals surface area contributed by atoms with Crippen LogP contribution in [0.15, 0.2) is 36.4 Å². The van der Waals surface area contributed by atoms with E-state index in [0.717, 1.165) is 24.1 Å². The summed E-state index contributed by atoms with van der Waals surface area (Å²) in [6, 6.07) is 11.2. The molecular formula is C23H27N5O5. The lowest BCUT2D eigenvalue weighted by Gasteiger charge is -2.33. The summed E-state index contributed by atoms with van der Waals surface area (Å²) < 4.78 is 4.75. The topological polar surface area (TPSA) is 114 Å². The molecule has 1 saturated carbocycles. The molecule has 2 aromatic rings. The van der Waals surface area contributed by atoms with Crippen molar-refractivity contribution in [2.45, 2.75) is 25.7 Å². The third-order valence-electron chi connectivity index (χ3n) is 5.46. The fourth-order valence-electron chi connectivity index (χ4n) is 3.52. The van der Waals surface area contributed by atoms with Gasteiger partial charge >= 0.3 is 6.16 Å². The molecule has 1 aromatic heterocycles. The monoisotopic (exact) mass is 453 g/mol. The lowest BCUT2D eigenvalue weighted by molar-refractivity contribution is -0.155. The Morgan fingerprint density at radius 2 is 1.79 bits per heavy atom. The molecule has 0 spiro atoms. The molecule has 2 aliphatic rings. The van der Waals surface area contributed by atoms with E-state index in [4.69, 9.17) is 9.57 Å². The highest BCUT2D eigenvalue weighted by atomic mass is 16.8. The number of hydrogen-bond acceptors (Lipinski definition) is 8. The molecule has 0 atom stereocenters. The summed E-state index contributed by atoms with van der Waals surface area (Å²) in [6.07, 6.45) is 1.35. The molecule has 0 bridgehead atoms. The van der Waals surface area contributed by atoms with Crippen LogP contribution in [0.4, 0.5) is 4.79 Å². The molecule has 1 aliphatic heterocycles. The van der Waals surface area contributed by atoms with Crippen molar-refractivity contribution >= 4 is 18.0 Å². The molecule has 174 valence electrons. The Kier molecular flexibility index (Phi) is 7.13. The number of nitrogens with zero attached hydrogens (tertiary/aromatic N) is 4. The van der Waals surface area contributed by atoms with E-state index in [-0.39, 0.29) is 24.8 Å². The number of hydroxylamine groups is 2. The Labute approximate surface area is 191 Å². The van der Waals surface area contributed by atoms with Gasteiger partial charge in [-0.15, -0.1) is 5.06 Å². The fraction of sp³-hybridized carbons (Fsp3) is 0.435. The highest BCUT2D eigenvalue weighted by Crippen LogP contribution is 2.39. The molecule has 0 radical (unpaired) electrons. The van der Waals surface area contributed by atoms with Crippen molar-refractivity contribution in [1.29, 1.82) is 0 Å². The van der Waals surface area contributed by atoms with Gasteiger partial charge in [-0.25, -0.2) is 14.8 Å². The van der Waals surface area contributed by atoms with Gasteiger partial charge in [-0.1, -0.05) is 30.3 Å². The Morgan fingerprint density at radius 1 is 1.06 bits per heavy atom. The molecule has 2 heterocycles. The van der Waals surface area contributed by atoms with Crippen LogP contribution in [0.25, 0.3) is 11.4 Å². The zero-order valence-corrected chi connectivity index (χ0v) is 18.5. The first-order chi connectivity index (χ1) is 16.0. The van der Waals surface area contributed by atoms with E-state index in [1.54, 1.807) is 17.9 Å². The Hall–Kier alpha value is -3.53. The molecule has 33 heavy (non-hydrogen) atoms. The van der Waals surface area contributed by atoms with Crippen LogP contribution in [0.2, 0.25) is 0 Å². The SMILES string of the molecule is CCOC(=O)ON1CCN(C(=O)CNC(=O)c2cc(C3CC3)nc(-c3ccccc3)n2)CC1. The molecule has 10 nitrogen and oxygen atoms in total. The predicted octanol–water partition coefficient (Wildman–Crippen LogP) is 1.98. The zero-order valence-electron chi connectivity index (χ0n) is 18.5. The Bertz CT molecular complexity index is 1000. The smallest absolute Gasteiger partial charge is 0.433 e. The van der Waals surface area contributed by atoms with E-state index in [1.165, 1.54) is 5.06 Å². The Balaban J connectivity index is 1.33. The third-order valence-corrected chi connectivity index (χ3v) is 5.46. The molecular weight excluding hydrogens is 426 g/mol. The van der Waals surface area contributed by atoms with Gasteiger partial charge in [0.2, 0.25) is 5.91 Å². The van der Waals surface area contributed by atoms with Crippen molar-refractivity contribution in [3.8, 4) is 11.4 Å². The minimum atomic E-state index is -0.755. The van der Waals surface area contributed by atoms with Crippen molar-refractivity contribution in [1.82, 2.24) is 25.2 Å². The second kappa shape index (κ2) is 10.4. The van der Waals surface area contributed by atoms with Gasteiger partial charge in [-0.2, -0.15) is 0 Å². The molecule has 2 fully saturated rings. The summed E-state index contributed by atoms with van der Waals surface area (Å²) >= 11 is 0. The van der Waals surface area contributed by atoms with Crippen LogP contribution in [-0.4, -0.2) is 77.2 Å². The highest BCUT2D eigenvalue weighted by molar-refractivity contribution is 5.95. The minimum Gasteiger partial charge on any atom is -0.433 e. The maximum absolute atomic E-state index is 12.8. The summed E-state index contributed by atoms with van der Waals surface area (Å²) in [5.74, 6) is 0.249. The van der Waals surface area contributed by atoms with Crippen molar-refractivity contribution in [2.24, 2.45) is 0 Å². The molecule has 10 heteroatoms. The van der Waals surface area contributed by atoms with Crippen LogP contribution in [0.5, 0.6) is 0 Å². The van der Waals surface area contributed by atoms with Crippen LogP contribution in [0, 0.1) is 0 Å². The summed E-state index contributed by atoms with van der Waals surface area (Å²) in [4.78, 5) is 52.5. The van der Waals surface area contributed by atoms with Crippen molar-refractivity contribution in [3.63, 3.8) is 0 Å². The molecule has 1 N–H and O–H groups in total. The molecule has 0 unspecified atom stereocenters. The number of aromatic nitrogens is 2. The standard InChI is InChI=1S/C23H27N5O5/c1-2-32-23(31)33-28-12-10-27(11-13-28)20(29)15-24-22(30)19-14-18(16-8-9-16)25-21(26-19)17-6-4-3-5-7-17/h3-7,14,16H,2,8-13,15H2,1H3,(H,24,30). The highest BCUT2D eigenvalue weighted by Gasteiger charge is 2.28. The van der Waals surface area contributed by atoms with Crippen LogP contribution in [0.1, 0.15) is 41.9 Å². The molecule has 1 aliphatic carbocycles. The first-order valence-electron chi connectivity index (χ1n) is 11.1. The molecule has 2 amide bonds. The van der Waals surface area contributed by atoms with Gasteiger partial charge in [0.05, 0.1) is 26.2 Å². The molecule has 1 saturated heterocycles. The van der Waals surface area contributed by atoms with Crippen molar-refractivity contribution < 1.29 is 24.0 Å². The number of benzene rings is 1. The van der Waals surface area contributed by atoms with Gasteiger partial charge in [0.15, 0.2) is 5.82 Å². The van der Waals surface area contributed by atoms with Crippen LogP contribution in [0.3, 0.4) is 0 Å². The minimum absolute atomic E-state index is 0.138. The second-order valence-corrected chi connectivity index (χ2v) is 7.91. The number of carbonyl (C=O) groups is 3. The number of piperazine rings is 1. The second-order valence-electron chi connectivity index (χ2n) is 7.91. The van der Waals surface area contributed by atoms with Gasteiger partial charge in [-0.05, 0) is 25.8 Å². The van der Waals surface area contributed by atoms with Crippen molar-refractivity contribution in [3.05, 3.63) is 47.8 Å². The van der Waals surface area contributed by atoms with E-state index in [2.05, 4.69) is 15.3 Å². The number of rotatable bonds is 7. The van der Waals surface area contributed by atoms with Crippen LogP contribution in [-0.2, 0) is 14.4 Å². The summed E-state index contributed by atoms with van der Waals surface area (Å²) in [5, 5.41) is 4.15. The number of amides is 2. The van der Waals surface area contributed by atoms with Gasteiger partial charge in [0.1, 0.15) is 5.69 Å². The summed E-state index contributed by atoms with van der Waals surface area (Å²) in [6.45, 7) is 3.30. The first kappa shape index (κ1) is 22.7. The number of nitrogens with one attached hydrogen (secondary N) is 1. The van der Waals surface area contributed by atoms with Gasteiger partial charge in [0, 0.05) is 30.3 Å². The summed E-state index contributed by atoms with van der Waals surface area (Å²) in [7, 11) is 0. The molecule has 4 rings (SSSR count). The molecule has 1 aromatic carbocycles. The lowest BCUT2D eigenvalue weighted by atomic mass is 10.1. The third kappa shape index (κ3) is 6.04. The van der Waals surface area contributed by atoms with E-state index in [9.17, 15) is 14.4 Å². The van der Waals surface area contributed by atoms with Crippen molar-refractivity contribution in [2.75, 3.05) is 39.3 Å². The average Bonchev–Trinajstić information content (AvgIpc) is 3.69. The Morgan fingerprint density at radius 3 is 2.45 bits per heavy atom. The van der Waals surface area contributed by atoms with Crippen LogP contribution >= 0.6 is 0 Å². The zero-order chi connectivity index (χ0) is 23.2. The van der Waals surface area contributed by atoms with E-state index in [1.807, 2.05) is 30.3 Å². The summed E-state index contributed by atoms with van der Waals surface area (Å²) in [5.41, 5.74) is 1.96. The van der Waals surface area contributed by atoms with Gasteiger partial charge in [-0.3, -0.25) is 9.59 Å². The quantitative estimate of drug-likeness (QED) is 0.633. The lowest BCUT2D eigenvalue weighted by Crippen LogP contribution is -2.51.